The van der Waals surface area contributed by atoms with Crippen LogP contribution in [0.3, 0.4) is 0 Å². The van der Waals surface area contributed by atoms with Crippen molar-refractivity contribution in [3.63, 3.8) is 0 Å². The number of nitrogens with zero attached hydrogens (tertiary/aromatic N) is 1. The summed E-state index contributed by atoms with van der Waals surface area (Å²) in [5.41, 5.74) is 5.40. The molecule has 1 aliphatic rings. The first-order chi connectivity index (χ1) is 8.15. The highest BCUT2D eigenvalue weighted by molar-refractivity contribution is 6.42. The summed E-state index contributed by atoms with van der Waals surface area (Å²) in [6.07, 6.45) is 0.751. The van der Waals surface area contributed by atoms with Crippen LogP contribution in [0, 0.1) is 0 Å². The molecule has 0 amide bonds. The van der Waals surface area contributed by atoms with Crippen LogP contribution in [0.4, 0.5) is 0 Å². The summed E-state index contributed by atoms with van der Waals surface area (Å²) in [6.45, 7) is 1.05. The van der Waals surface area contributed by atoms with Gasteiger partial charge in [-0.1, -0.05) is 23.2 Å². The highest BCUT2D eigenvalue weighted by atomic mass is 35.5. The summed E-state index contributed by atoms with van der Waals surface area (Å²) >= 11 is 11.7. The van der Waals surface area contributed by atoms with E-state index in [1.54, 1.807) is 18.2 Å². The summed E-state index contributed by atoms with van der Waals surface area (Å²) in [4.78, 5) is 4.10. The number of amidine groups is 1. The SMILES string of the molecule is NC1=N[C@@H](CCOc2ccc(Cl)c(Cl)c2)CO1. The average Bonchev–Trinajstić information content (AvgIpc) is 2.70. The maximum atomic E-state index is 5.87. The maximum Gasteiger partial charge on any atom is 0.282 e. The van der Waals surface area contributed by atoms with Crippen LogP contribution in [-0.4, -0.2) is 25.3 Å². The molecule has 2 N–H and O–H groups in total. The zero-order chi connectivity index (χ0) is 12.3. The number of hydrogen-bond donors (Lipinski definition) is 1. The van der Waals surface area contributed by atoms with E-state index in [1.165, 1.54) is 0 Å². The largest absolute Gasteiger partial charge is 0.493 e. The molecule has 0 aliphatic carbocycles. The minimum Gasteiger partial charge on any atom is -0.493 e. The number of ether oxygens (including phenoxy) is 2. The molecule has 0 fully saturated rings. The van der Waals surface area contributed by atoms with E-state index in [2.05, 4.69) is 4.99 Å². The van der Waals surface area contributed by atoms with Crippen molar-refractivity contribution in [1.82, 2.24) is 0 Å². The summed E-state index contributed by atoms with van der Waals surface area (Å²) in [7, 11) is 0. The second-order valence-corrected chi connectivity index (χ2v) is 4.46. The van der Waals surface area contributed by atoms with Crippen molar-refractivity contribution in [2.75, 3.05) is 13.2 Å². The van der Waals surface area contributed by atoms with Gasteiger partial charge in [-0.05, 0) is 12.1 Å². The van der Waals surface area contributed by atoms with Crippen molar-refractivity contribution in [2.24, 2.45) is 10.7 Å². The Labute approximate surface area is 109 Å². The molecule has 2 rings (SSSR count). The lowest BCUT2D eigenvalue weighted by molar-refractivity contribution is 0.263. The molecule has 0 radical (unpaired) electrons. The van der Waals surface area contributed by atoms with Gasteiger partial charge in [-0.2, -0.15) is 0 Å². The minimum absolute atomic E-state index is 0.0813. The summed E-state index contributed by atoms with van der Waals surface area (Å²) in [5.74, 6) is 0.690. The first-order valence-electron chi connectivity index (χ1n) is 5.19. The zero-order valence-electron chi connectivity index (χ0n) is 9.03. The second kappa shape index (κ2) is 5.47. The van der Waals surface area contributed by atoms with E-state index in [4.69, 9.17) is 38.4 Å². The van der Waals surface area contributed by atoms with Gasteiger partial charge in [0, 0.05) is 12.5 Å². The Hall–Kier alpha value is -1.13. The van der Waals surface area contributed by atoms with Crippen molar-refractivity contribution < 1.29 is 9.47 Å². The summed E-state index contributed by atoms with van der Waals surface area (Å²) in [6, 6.07) is 5.50. The number of halogens is 2. The molecule has 0 aromatic heterocycles. The van der Waals surface area contributed by atoms with Crippen molar-refractivity contribution >= 4 is 29.2 Å². The Kier molecular flexibility index (Phi) is 3.97. The van der Waals surface area contributed by atoms with E-state index in [0.29, 0.717) is 29.0 Å². The number of rotatable bonds is 4. The van der Waals surface area contributed by atoms with Gasteiger partial charge < -0.3 is 15.2 Å². The summed E-state index contributed by atoms with van der Waals surface area (Å²) < 4.78 is 10.6. The van der Waals surface area contributed by atoms with Crippen molar-refractivity contribution in [2.45, 2.75) is 12.5 Å². The van der Waals surface area contributed by atoms with Crippen LogP contribution in [0.5, 0.6) is 5.75 Å². The Morgan fingerprint density at radius 3 is 2.88 bits per heavy atom. The normalized spacial score (nSPS) is 18.7. The molecule has 0 saturated heterocycles. The zero-order valence-corrected chi connectivity index (χ0v) is 10.5. The Morgan fingerprint density at radius 2 is 2.24 bits per heavy atom. The summed E-state index contributed by atoms with van der Waals surface area (Å²) in [5, 5.41) is 0.996. The van der Waals surface area contributed by atoms with E-state index in [9.17, 15) is 0 Å². The molecule has 1 heterocycles. The predicted octanol–water partition coefficient (Wildman–Crippen LogP) is 2.48. The highest BCUT2D eigenvalue weighted by Crippen LogP contribution is 2.26. The average molecular weight is 275 g/mol. The molecule has 0 bridgehead atoms. The third-order valence-corrected chi connectivity index (χ3v) is 3.08. The molecule has 17 heavy (non-hydrogen) atoms. The van der Waals surface area contributed by atoms with Crippen LogP contribution in [-0.2, 0) is 4.74 Å². The van der Waals surface area contributed by atoms with Gasteiger partial charge in [-0.25, -0.2) is 4.99 Å². The molecular formula is C11H12Cl2N2O2. The van der Waals surface area contributed by atoms with Crippen LogP contribution in [0.25, 0.3) is 0 Å². The monoisotopic (exact) mass is 274 g/mol. The number of benzene rings is 1. The van der Waals surface area contributed by atoms with Gasteiger partial charge in [0.05, 0.1) is 22.7 Å². The van der Waals surface area contributed by atoms with Gasteiger partial charge in [0.2, 0.25) is 0 Å². The fourth-order valence-electron chi connectivity index (χ4n) is 1.46. The van der Waals surface area contributed by atoms with Crippen LogP contribution < -0.4 is 10.5 Å². The van der Waals surface area contributed by atoms with E-state index in [-0.39, 0.29) is 12.1 Å². The molecule has 1 aromatic carbocycles. The minimum atomic E-state index is 0.0813. The molecule has 4 nitrogen and oxygen atoms in total. The molecule has 92 valence electrons. The third kappa shape index (κ3) is 3.41. The molecule has 1 aromatic rings. The Morgan fingerprint density at radius 1 is 1.41 bits per heavy atom. The maximum absolute atomic E-state index is 5.87. The topological polar surface area (TPSA) is 56.8 Å². The third-order valence-electron chi connectivity index (χ3n) is 2.34. The second-order valence-electron chi connectivity index (χ2n) is 3.65. The van der Waals surface area contributed by atoms with Gasteiger partial charge in [0.1, 0.15) is 12.4 Å². The molecule has 0 unspecified atom stereocenters. The van der Waals surface area contributed by atoms with Gasteiger partial charge in [0.25, 0.3) is 6.02 Å². The van der Waals surface area contributed by atoms with Crippen molar-refractivity contribution in [1.29, 1.82) is 0 Å². The van der Waals surface area contributed by atoms with E-state index in [1.807, 2.05) is 0 Å². The van der Waals surface area contributed by atoms with Crippen LogP contribution in [0.1, 0.15) is 6.42 Å². The first-order valence-corrected chi connectivity index (χ1v) is 5.94. The molecule has 0 spiro atoms. The molecular weight excluding hydrogens is 263 g/mol. The van der Waals surface area contributed by atoms with Gasteiger partial charge in [-0.3, -0.25) is 0 Å². The Balaban J connectivity index is 1.80. The fourth-order valence-corrected chi connectivity index (χ4v) is 1.75. The van der Waals surface area contributed by atoms with Crippen molar-refractivity contribution in [3.05, 3.63) is 28.2 Å². The molecule has 1 atom stereocenters. The van der Waals surface area contributed by atoms with E-state index >= 15 is 0 Å². The predicted molar refractivity (Wildman–Crippen MR) is 67.9 cm³/mol. The number of aliphatic imine (C=N–C) groups is 1. The van der Waals surface area contributed by atoms with Gasteiger partial charge >= 0.3 is 0 Å². The molecule has 1 aliphatic heterocycles. The smallest absolute Gasteiger partial charge is 0.282 e. The quantitative estimate of drug-likeness (QED) is 0.918. The lowest BCUT2D eigenvalue weighted by Gasteiger charge is -2.08. The van der Waals surface area contributed by atoms with Crippen molar-refractivity contribution in [3.8, 4) is 5.75 Å². The van der Waals surface area contributed by atoms with Crippen LogP contribution in [0.15, 0.2) is 23.2 Å². The fraction of sp³-hybridized carbons (Fsp3) is 0.364. The lowest BCUT2D eigenvalue weighted by Crippen LogP contribution is -2.12. The van der Waals surface area contributed by atoms with Gasteiger partial charge in [0.15, 0.2) is 0 Å². The standard InChI is InChI=1S/C11H12Cl2N2O2/c12-9-2-1-8(5-10(9)13)16-4-3-7-6-17-11(14)15-7/h1-2,5,7H,3-4,6H2,(H2,14,15)/t7-/m0/s1. The van der Waals surface area contributed by atoms with Crippen LogP contribution >= 0.6 is 23.2 Å². The first kappa shape index (κ1) is 12.3. The highest BCUT2D eigenvalue weighted by Gasteiger charge is 2.16. The lowest BCUT2D eigenvalue weighted by atomic mass is 10.2. The Bertz CT molecular complexity index is 437. The molecule has 0 saturated carbocycles. The van der Waals surface area contributed by atoms with E-state index < -0.39 is 0 Å². The van der Waals surface area contributed by atoms with Gasteiger partial charge in [-0.15, -0.1) is 0 Å². The number of hydrogen-bond acceptors (Lipinski definition) is 4. The number of nitrogens with two attached hydrogens (primary N) is 1. The molecule has 6 heteroatoms. The van der Waals surface area contributed by atoms with E-state index in [0.717, 1.165) is 6.42 Å². The van der Waals surface area contributed by atoms with Crippen LogP contribution in [0.2, 0.25) is 10.0 Å².